The number of benzene rings is 3. The molecule has 2 N–H and O–H groups in total. The standard InChI is InChI=1S/C25H23ClFN3O2/c26-17-6-4-16(5-7-17)24-20-14-30(13-15-2-1-3-18(27)10-15)21-12-23-22(31-8-9-32-23)11-19(21)25(20)29-28-24/h1-7,10-12,20,24-25,28-29H,8-9,13-14H2. The van der Waals surface area contributed by atoms with Crippen LogP contribution in [0.1, 0.15) is 28.8 Å². The SMILES string of the molecule is Fc1cccc(CN2CC3C(c4ccc(Cl)cc4)NNC3c3cc4c(cc32)OCCO4)c1. The lowest BCUT2D eigenvalue weighted by Crippen LogP contribution is -2.39. The Labute approximate surface area is 191 Å². The number of hydrogen-bond donors (Lipinski definition) is 2. The van der Waals surface area contributed by atoms with E-state index in [1.807, 2.05) is 18.2 Å². The molecule has 164 valence electrons. The molecule has 3 aliphatic heterocycles. The van der Waals surface area contributed by atoms with E-state index < -0.39 is 0 Å². The minimum Gasteiger partial charge on any atom is -0.486 e. The number of halogens is 2. The minimum absolute atomic E-state index is 0.116. The van der Waals surface area contributed by atoms with Crippen molar-refractivity contribution in [1.29, 1.82) is 0 Å². The molecule has 0 bridgehead atoms. The van der Waals surface area contributed by atoms with Gasteiger partial charge >= 0.3 is 0 Å². The van der Waals surface area contributed by atoms with Gasteiger partial charge in [-0.25, -0.2) is 15.2 Å². The number of ether oxygens (including phenoxy) is 2. The molecule has 0 amide bonds. The summed E-state index contributed by atoms with van der Waals surface area (Å²) in [6.07, 6.45) is 0. The lowest BCUT2D eigenvalue weighted by Gasteiger charge is -2.40. The molecular weight excluding hydrogens is 429 g/mol. The number of nitrogens with one attached hydrogen (secondary N) is 2. The molecule has 0 spiro atoms. The lowest BCUT2D eigenvalue weighted by molar-refractivity contribution is 0.171. The second kappa shape index (κ2) is 7.96. The highest BCUT2D eigenvalue weighted by atomic mass is 35.5. The number of hydrogen-bond acceptors (Lipinski definition) is 5. The van der Waals surface area contributed by atoms with Gasteiger partial charge in [0.15, 0.2) is 11.5 Å². The first-order valence-electron chi connectivity index (χ1n) is 10.9. The van der Waals surface area contributed by atoms with Crippen LogP contribution in [0.4, 0.5) is 10.1 Å². The van der Waals surface area contributed by atoms with Crippen molar-refractivity contribution in [2.75, 3.05) is 24.7 Å². The first kappa shape index (κ1) is 19.9. The van der Waals surface area contributed by atoms with Gasteiger partial charge in [-0.15, -0.1) is 0 Å². The topological polar surface area (TPSA) is 45.8 Å². The van der Waals surface area contributed by atoms with E-state index in [1.165, 1.54) is 11.6 Å². The lowest BCUT2D eigenvalue weighted by atomic mass is 9.81. The molecule has 3 aromatic rings. The van der Waals surface area contributed by atoms with Crippen molar-refractivity contribution in [3.63, 3.8) is 0 Å². The van der Waals surface area contributed by atoms with Crippen molar-refractivity contribution in [2.24, 2.45) is 5.92 Å². The van der Waals surface area contributed by atoms with E-state index in [1.54, 1.807) is 12.1 Å². The summed E-state index contributed by atoms with van der Waals surface area (Å²) >= 11 is 6.12. The van der Waals surface area contributed by atoms with Crippen molar-refractivity contribution < 1.29 is 13.9 Å². The highest BCUT2D eigenvalue weighted by Crippen LogP contribution is 2.49. The van der Waals surface area contributed by atoms with Crippen molar-refractivity contribution in [3.05, 3.63) is 88.2 Å². The van der Waals surface area contributed by atoms with Crippen LogP contribution >= 0.6 is 11.6 Å². The molecule has 3 atom stereocenters. The molecule has 6 rings (SSSR count). The van der Waals surface area contributed by atoms with Crippen LogP contribution in [0.5, 0.6) is 11.5 Å². The molecule has 3 aromatic carbocycles. The van der Waals surface area contributed by atoms with Crippen molar-refractivity contribution in [3.8, 4) is 11.5 Å². The number of hydrazine groups is 1. The van der Waals surface area contributed by atoms with E-state index >= 15 is 0 Å². The van der Waals surface area contributed by atoms with Gasteiger partial charge in [-0.3, -0.25) is 0 Å². The van der Waals surface area contributed by atoms with Crippen molar-refractivity contribution in [2.45, 2.75) is 18.6 Å². The fraction of sp³-hybridized carbons (Fsp3) is 0.280. The van der Waals surface area contributed by atoms with Crippen molar-refractivity contribution >= 4 is 17.3 Å². The van der Waals surface area contributed by atoms with Gasteiger partial charge in [-0.2, -0.15) is 0 Å². The van der Waals surface area contributed by atoms with Crippen LogP contribution in [0.2, 0.25) is 5.02 Å². The van der Waals surface area contributed by atoms with Gasteiger partial charge in [0.1, 0.15) is 19.0 Å². The third kappa shape index (κ3) is 3.48. The maximum atomic E-state index is 13.9. The Balaban J connectivity index is 1.41. The summed E-state index contributed by atoms with van der Waals surface area (Å²) in [5.74, 6) is 1.58. The zero-order valence-electron chi connectivity index (χ0n) is 17.4. The molecule has 7 heteroatoms. The quantitative estimate of drug-likeness (QED) is 0.600. The second-order valence-corrected chi connectivity index (χ2v) is 8.96. The summed E-state index contributed by atoms with van der Waals surface area (Å²) in [6, 6.07) is 19.2. The molecule has 0 aromatic heterocycles. The van der Waals surface area contributed by atoms with Crippen LogP contribution in [0.25, 0.3) is 0 Å². The van der Waals surface area contributed by atoms with E-state index in [4.69, 9.17) is 21.1 Å². The van der Waals surface area contributed by atoms with Gasteiger partial charge in [0, 0.05) is 35.8 Å². The Hall–Kier alpha value is -2.80. The Kier molecular flexibility index (Phi) is 4.94. The molecule has 5 nitrogen and oxygen atoms in total. The normalized spacial score (nSPS) is 23.6. The zero-order chi connectivity index (χ0) is 21.7. The molecule has 3 unspecified atom stereocenters. The van der Waals surface area contributed by atoms with E-state index in [2.05, 4.69) is 40.0 Å². The third-order valence-corrected chi connectivity index (χ3v) is 6.79. The number of rotatable bonds is 3. The Bertz CT molecular complexity index is 1160. The number of fused-ring (bicyclic) bond motifs is 4. The monoisotopic (exact) mass is 451 g/mol. The average molecular weight is 452 g/mol. The Morgan fingerprint density at radius 3 is 2.47 bits per heavy atom. The molecule has 3 aliphatic rings. The molecule has 0 saturated carbocycles. The van der Waals surface area contributed by atoms with Crippen LogP contribution in [0, 0.1) is 11.7 Å². The van der Waals surface area contributed by atoms with Gasteiger partial charge in [0.2, 0.25) is 0 Å². The number of anilines is 1. The summed E-state index contributed by atoms with van der Waals surface area (Å²) in [7, 11) is 0. The Morgan fingerprint density at radius 1 is 0.938 bits per heavy atom. The van der Waals surface area contributed by atoms with E-state index in [9.17, 15) is 4.39 Å². The maximum absolute atomic E-state index is 13.9. The largest absolute Gasteiger partial charge is 0.486 e. The van der Waals surface area contributed by atoms with Gasteiger partial charge in [0.05, 0.1) is 12.1 Å². The van der Waals surface area contributed by atoms with Crippen LogP contribution in [-0.4, -0.2) is 19.8 Å². The van der Waals surface area contributed by atoms with Crippen molar-refractivity contribution in [1.82, 2.24) is 10.9 Å². The minimum atomic E-state index is -0.219. The van der Waals surface area contributed by atoms with Gasteiger partial charge < -0.3 is 14.4 Å². The zero-order valence-corrected chi connectivity index (χ0v) is 18.1. The molecule has 1 fully saturated rings. The fourth-order valence-corrected chi connectivity index (χ4v) is 5.21. The van der Waals surface area contributed by atoms with Crippen LogP contribution in [-0.2, 0) is 6.54 Å². The van der Waals surface area contributed by atoms with E-state index in [-0.39, 0.29) is 23.8 Å². The summed E-state index contributed by atoms with van der Waals surface area (Å²) in [4.78, 5) is 2.32. The summed E-state index contributed by atoms with van der Waals surface area (Å²) in [5, 5.41) is 0.724. The molecule has 0 aliphatic carbocycles. The third-order valence-electron chi connectivity index (χ3n) is 6.54. The fourth-order valence-electron chi connectivity index (χ4n) is 5.08. The van der Waals surface area contributed by atoms with Gasteiger partial charge in [-0.1, -0.05) is 35.9 Å². The molecular formula is C25H23ClFN3O2. The maximum Gasteiger partial charge on any atom is 0.163 e. The van der Waals surface area contributed by atoms with Gasteiger partial charge in [0.25, 0.3) is 0 Å². The summed E-state index contributed by atoms with van der Waals surface area (Å²) < 4.78 is 25.6. The first-order chi connectivity index (χ1) is 15.7. The Morgan fingerprint density at radius 2 is 1.69 bits per heavy atom. The molecule has 32 heavy (non-hydrogen) atoms. The molecule has 3 heterocycles. The summed E-state index contributed by atoms with van der Waals surface area (Å²) in [6.45, 7) is 2.51. The van der Waals surface area contributed by atoms with Gasteiger partial charge in [-0.05, 0) is 47.0 Å². The highest BCUT2D eigenvalue weighted by Gasteiger charge is 2.44. The van der Waals surface area contributed by atoms with E-state index in [0.717, 1.165) is 39.9 Å². The second-order valence-electron chi connectivity index (χ2n) is 8.52. The smallest absolute Gasteiger partial charge is 0.163 e. The van der Waals surface area contributed by atoms with E-state index in [0.29, 0.717) is 19.8 Å². The predicted molar refractivity (Wildman–Crippen MR) is 122 cm³/mol. The first-order valence-corrected chi connectivity index (χ1v) is 11.2. The van der Waals surface area contributed by atoms with Crippen LogP contribution in [0.3, 0.4) is 0 Å². The van der Waals surface area contributed by atoms with Crippen LogP contribution in [0.15, 0.2) is 60.7 Å². The van der Waals surface area contributed by atoms with Crippen LogP contribution < -0.4 is 25.2 Å². The summed E-state index contributed by atoms with van der Waals surface area (Å²) in [5.41, 5.74) is 11.4. The number of nitrogens with zero attached hydrogens (tertiary/aromatic N) is 1. The predicted octanol–water partition coefficient (Wildman–Crippen LogP) is 4.78. The molecule has 1 saturated heterocycles. The molecule has 0 radical (unpaired) electrons. The highest BCUT2D eigenvalue weighted by molar-refractivity contribution is 6.30. The average Bonchev–Trinajstić information content (AvgIpc) is 3.23.